The number of likely N-dealkylation sites (tertiary alicyclic amines) is 1. The Labute approximate surface area is 158 Å². The van der Waals surface area contributed by atoms with Gasteiger partial charge in [-0.2, -0.15) is 0 Å². The second-order valence-corrected chi connectivity index (χ2v) is 8.62. The SMILES string of the molecule is CNCc1cccc(C2CCN(C(O)B3OC(C)(C)C(C)(C)O3)CC2)c1. The van der Waals surface area contributed by atoms with E-state index in [1.54, 1.807) is 0 Å². The van der Waals surface area contributed by atoms with Gasteiger partial charge in [0.2, 0.25) is 0 Å². The average Bonchev–Trinajstić information content (AvgIpc) is 2.83. The molecule has 26 heavy (non-hydrogen) atoms. The Morgan fingerprint density at radius 3 is 2.38 bits per heavy atom. The molecular weight excluding hydrogens is 327 g/mol. The van der Waals surface area contributed by atoms with Crippen molar-refractivity contribution in [1.82, 2.24) is 10.2 Å². The summed E-state index contributed by atoms with van der Waals surface area (Å²) in [6.45, 7) is 10.7. The van der Waals surface area contributed by atoms with Crippen molar-refractivity contribution in [3.8, 4) is 0 Å². The van der Waals surface area contributed by atoms with E-state index < -0.39 is 24.4 Å². The normalized spacial score (nSPS) is 24.8. The first-order valence-electron chi connectivity index (χ1n) is 9.75. The van der Waals surface area contributed by atoms with Crippen LogP contribution in [0.1, 0.15) is 57.6 Å². The molecule has 1 atom stereocenters. The summed E-state index contributed by atoms with van der Waals surface area (Å²) in [6.07, 6.45) is 1.37. The highest BCUT2D eigenvalue weighted by Crippen LogP contribution is 2.38. The number of aliphatic hydroxyl groups excluding tert-OH is 1. The van der Waals surface area contributed by atoms with E-state index in [0.29, 0.717) is 5.92 Å². The number of rotatable bonds is 5. The predicted octanol–water partition coefficient (Wildman–Crippen LogP) is 2.54. The molecule has 2 aliphatic heterocycles. The fourth-order valence-electron chi connectivity index (χ4n) is 3.84. The Morgan fingerprint density at radius 2 is 1.81 bits per heavy atom. The number of nitrogens with zero attached hydrogens (tertiary/aromatic N) is 1. The molecule has 2 saturated heterocycles. The van der Waals surface area contributed by atoms with E-state index in [9.17, 15) is 5.11 Å². The van der Waals surface area contributed by atoms with Crippen LogP contribution >= 0.6 is 0 Å². The first-order valence-corrected chi connectivity index (χ1v) is 9.75. The van der Waals surface area contributed by atoms with Crippen LogP contribution in [-0.4, -0.2) is 54.6 Å². The highest BCUT2D eigenvalue weighted by atomic mass is 16.7. The van der Waals surface area contributed by atoms with Gasteiger partial charge < -0.3 is 19.7 Å². The summed E-state index contributed by atoms with van der Waals surface area (Å²) in [5.74, 6) is 0.550. The van der Waals surface area contributed by atoms with E-state index >= 15 is 0 Å². The number of hydrogen-bond donors (Lipinski definition) is 2. The van der Waals surface area contributed by atoms with E-state index in [-0.39, 0.29) is 0 Å². The lowest BCUT2D eigenvalue weighted by atomic mass is 9.82. The quantitative estimate of drug-likeness (QED) is 0.791. The van der Waals surface area contributed by atoms with Crippen molar-refractivity contribution < 1.29 is 14.4 Å². The molecule has 2 heterocycles. The highest BCUT2D eigenvalue weighted by Gasteiger charge is 2.55. The van der Waals surface area contributed by atoms with Crippen LogP contribution < -0.4 is 5.32 Å². The zero-order valence-electron chi connectivity index (χ0n) is 16.8. The Balaban J connectivity index is 1.58. The van der Waals surface area contributed by atoms with Crippen LogP contribution in [-0.2, 0) is 15.9 Å². The first kappa shape index (κ1) is 19.8. The minimum atomic E-state index is -0.715. The largest absolute Gasteiger partial charge is 0.504 e. The van der Waals surface area contributed by atoms with Crippen LogP contribution in [0.3, 0.4) is 0 Å². The molecule has 0 aromatic heterocycles. The van der Waals surface area contributed by atoms with Crippen LogP contribution in [0.5, 0.6) is 0 Å². The molecule has 3 rings (SSSR count). The van der Waals surface area contributed by atoms with Gasteiger partial charge in [0.1, 0.15) is 6.13 Å². The van der Waals surface area contributed by atoms with Gasteiger partial charge in [0, 0.05) is 19.6 Å². The summed E-state index contributed by atoms with van der Waals surface area (Å²) in [4.78, 5) is 2.09. The number of hydrogen-bond acceptors (Lipinski definition) is 5. The number of nitrogens with one attached hydrogen (secondary N) is 1. The van der Waals surface area contributed by atoms with Gasteiger partial charge in [0.25, 0.3) is 0 Å². The second kappa shape index (κ2) is 7.60. The van der Waals surface area contributed by atoms with Crippen LogP contribution in [0.4, 0.5) is 0 Å². The lowest BCUT2D eigenvalue weighted by Gasteiger charge is -2.36. The molecule has 1 aromatic carbocycles. The fourth-order valence-corrected chi connectivity index (χ4v) is 3.84. The molecule has 2 N–H and O–H groups in total. The highest BCUT2D eigenvalue weighted by molar-refractivity contribution is 6.46. The zero-order chi connectivity index (χ0) is 18.9. The van der Waals surface area contributed by atoms with Crippen molar-refractivity contribution in [3.05, 3.63) is 35.4 Å². The Morgan fingerprint density at radius 1 is 1.19 bits per heavy atom. The maximum Gasteiger partial charge on any atom is 0.504 e. The van der Waals surface area contributed by atoms with E-state index in [1.807, 2.05) is 34.7 Å². The van der Waals surface area contributed by atoms with E-state index in [4.69, 9.17) is 9.31 Å². The summed E-state index contributed by atoms with van der Waals surface area (Å²) in [5, 5.41) is 14.0. The van der Waals surface area contributed by atoms with Crippen molar-refractivity contribution in [3.63, 3.8) is 0 Å². The van der Waals surface area contributed by atoms with Crippen molar-refractivity contribution in [2.24, 2.45) is 0 Å². The monoisotopic (exact) mass is 360 g/mol. The van der Waals surface area contributed by atoms with Gasteiger partial charge in [-0.1, -0.05) is 24.3 Å². The van der Waals surface area contributed by atoms with Crippen LogP contribution in [0.2, 0.25) is 0 Å². The van der Waals surface area contributed by atoms with Crippen molar-refractivity contribution in [2.75, 3.05) is 20.1 Å². The third-order valence-corrected chi connectivity index (χ3v) is 6.22. The molecule has 1 aromatic rings. The summed E-state index contributed by atoms with van der Waals surface area (Å²) in [5.41, 5.74) is 1.90. The fraction of sp³-hybridized carbons (Fsp3) is 0.700. The summed E-state index contributed by atoms with van der Waals surface area (Å²) in [7, 11) is 1.39. The van der Waals surface area contributed by atoms with Crippen LogP contribution in [0.25, 0.3) is 0 Å². The molecule has 0 aliphatic carbocycles. The molecule has 0 spiro atoms. The summed E-state index contributed by atoms with van der Waals surface area (Å²) >= 11 is 0. The molecule has 6 heteroatoms. The molecule has 2 fully saturated rings. The van der Waals surface area contributed by atoms with Crippen molar-refractivity contribution in [1.29, 1.82) is 0 Å². The van der Waals surface area contributed by atoms with Gasteiger partial charge in [-0.05, 0) is 64.6 Å². The third kappa shape index (κ3) is 4.00. The van der Waals surface area contributed by atoms with Gasteiger partial charge >= 0.3 is 7.12 Å². The predicted molar refractivity (Wildman–Crippen MR) is 105 cm³/mol. The van der Waals surface area contributed by atoms with Crippen LogP contribution in [0, 0.1) is 0 Å². The molecule has 5 nitrogen and oxygen atoms in total. The maximum atomic E-state index is 10.8. The smallest absolute Gasteiger partial charge is 0.401 e. The Hall–Kier alpha value is -0.915. The van der Waals surface area contributed by atoms with Crippen molar-refractivity contribution in [2.45, 2.75) is 70.3 Å². The van der Waals surface area contributed by atoms with Crippen molar-refractivity contribution >= 4 is 7.12 Å². The summed E-state index contributed by atoms with van der Waals surface area (Å²) < 4.78 is 12.0. The Bertz CT molecular complexity index is 599. The number of piperidine rings is 1. The maximum absolute atomic E-state index is 10.8. The van der Waals surface area contributed by atoms with E-state index in [0.717, 1.165) is 32.5 Å². The standard InChI is InChI=1S/C20H33BN2O3/c1-19(2)20(3,4)26-21(25-19)18(24)23-11-9-16(10-12-23)17-8-6-7-15(13-17)14-22-5/h6-8,13,16,18,22,24H,9-12,14H2,1-5H3. The first-order chi connectivity index (χ1) is 12.2. The average molecular weight is 360 g/mol. The van der Waals surface area contributed by atoms with Gasteiger partial charge in [0.05, 0.1) is 11.2 Å². The molecule has 0 bridgehead atoms. The van der Waals surface area contributed by atoms with Gasteiger partial charge in [0.15, 0.2) is 0 Å². The van der Waals surface area contributed by atoms with Crippen LogP contribution in [0.15, 0.2) is 24.3 Å². The van der Waals surface area contributed by atoms with Gasteiger partial charge in [-0.3, -0.25) is 4.90 Å². The topological polar surface area (TPSA) is 54.0 Å². The molecule has 0 radical (unpaired) electrons. The zero-order valence-corrected chi connectivity index (χ0v) is 16.8. The van der Waals surface area contributed by atoms with E-state index in [2.05, 4.69) is 34.5 Å². The molecule has 144 valence electrons. The minimum absolute atomic E-state index is 0.412. The third-order valence-electron chi connectivity index (χ3n) is 6.22. The lowest BCUT2D eigenvalue weighted by Crippen LogP contribution is -2.50. The molecule has 2 aliphatic rings. The molecule has 1 unspecified atom stereocenters. The summed E-state index contributed by atoms with van der Waals surface area (Å²) in [6, 6.07) is 8.84. The van der Waals surface area contributed by atoms with E-state index in [1.165, 1.54) is 11.1 Å². The molecular formula is C20H33BN2O3. The number of benzene rings is 1. The molecule has 0 amide bonds. The lowest BCUT2D eigenvalue weighted by molar-refractivity contribution is 0.00578. The molecule has 0 saturated carbocycles. The minimum Gasteiger partial charge on any atom is -0.401 e. The number of aliphatic hydroxyl groups is 1. The van der Waals surface area contributed by atoms with Gasteiger partial charge in [-0.15, -0.1) is 0 Å². The second-order valence-electron chi connectivity index (χ2n) is 8.62. The van der Waals surface area contributed by atoms with Gasteiger partial charge in [-0.25, -0.2) is 0 Å². The Kier molecular flexibility index (Phi) is 5.80.